The van der Waals surface area contributed by atoms with Crippen molar-refractivity contribution in [1.29, 1.82) is 0 Å². The summed E-state index contributed by atoms with van der Waals surface area (Å²) in [6.07, 6.45) is 18.4. The molecule has 2 atom stereocenters. The molecule has 0 heteroatoms. The molecular formula is C13H14. The lowest BCUT2D eigenvalue weighted by Crippen LogP contribution is -2.00. The number of rotatable bonds is 2. The van der Waals surface area contributed by atoms with Crippen molar-refractivity contribution < 1.29 is 0 Å². The maximum absolute atomic E-state index is 3.79. The molecule has 0 aromatic carbocycles. The normalized spacial score (nSPS) is 29.7. The van der Waals surface area contributed by atoms with Crippen LogP contribution in [0, 0.1) is 11.8 Å². The summed E-state index contributed by atoms with van der Waals surface area (Å²) >= 11 is 0. The lowest BCUT2D eigenvalue weighted by Gasteiger charge is -2.11. The molecule has 0 heterocycles. The molecule has 2 aliphatic rings. The number of hydrogen-bond donors (Lipinski definition) is 0. The van der Waals surface area contributed by atoms with Crippen molar-refractivity contribution >= 4 is 0 Å². The van der Waals surface area contributed by atoms with E-state index in [9.17, 15) is 0 Å². The summed E-state index contributed by atoms with van der Waals surface area (Å²) in [6, 6.07) is 0. The van der Waals surface area contributed by atoms with Crippen LogP contribution >= 0.6 is 0 Å². The summed E-state index contributed by atoms with van der Waals surface area (Å²) in [6.45, 7) is 3.79. The Balaban J connectivity index is 2.24. The van der Waals surface area contributed by atoms with Gasteiger partial charge >= 0.3 is 0 Å². The second-order valence-electron chi connectivity index (χ2n) is 3.48. The topological polar surface area (TPSA) is 0 Å². The van der Waals surface area contributed by atoms with Gasteiger partial charge in [-0.1, -0.05) is 54.2 Å². The van der Waals surface area contributed by atoms with E-state index >= 15 is 0 Å². The van der Waals surface area contributed by atoms with Crippen LogP contribution in [0.25, 0.3) is 0 Å². The molecule has 0 aromatic rings. The molecule has 66 valence electrons. The van der Waals surface area contributed by atoms with Crippen molar-refractivity contribution in [3.63, 3.8) is 0 Å². The Bertz CT molecular complexity index is 313. The predicted molar refractivity (Wildman–Crippen MR) is 57.3 cm³/mol. The molecule has 0 saturated carbocycles. The first-order valence-corrected chi connectivity index (χ1v) is 4.76. The van der Waals surface area contributed by atoms with E-state index in [-0.39, 0.29) is 0 Å². The Morgan fingerprint density at radius 2 is 2.08 bits per heavy atom. The molecule has 0 spiro atoms. The molecule has 0 bridgehead atoms. The van der Waals surface area contributed by atoms with Gasteiger partial charge < -0.3 is 0 Å². The minimum atomic E-state index is 0.528. The van der Waals surface area contributed by atoms with Crippen LogP contribution in [0.2, 0.25) is 0 Å². The summed E-state index contributed by atoms with van der Waals surface area (Å²) in [5.74, 6) is 1.11. The van der Waals surface area contributed by atoms with Gasteiger partial charge in [-0.05, 0) is 6.42 Å². The summed E-state index contributed by atoms with van der Waals surface area (Å²) in [7, 11) is 0. The Morgan fingerprint density at radius 1 is 1.15 bits per heavy atom. The average Bonchev–Trinajstić information content (AvgIpc) is 2.38. The first-order valence-electron chi connectivity index (χ1n) is 4.76. The first-order chi connectivity index (χ1) is 6.42. The Kier molecular flexibility index (Phi) is 2.31. The van der Waals surface area contributed by atoms with E-state index in [1.54, 1.807) is 0 Å². The van der Waals surface area contributed by atoms with E-state index < -0.39 is 0 Å². The van der Waals surface area contributed by atoms with Gasteiger partial charge in [0.05, 0.1) is 0 Å². The molecule has 0 aromatic heterocycles. The maximum Gasteiger partial charge on any atom is 0.0169 e. The molecule has 0 N–H and O–H groups in total. The van der Waals surface area contributed by atoms with E-state index in [0.29, 0.717) is 11.8 Å². The monoisotopic (exact) mass is 170 g/mol. The highest BCUT2D eigenvalue weighted by molar-refractivity contribution is 5.38. The average molecular weight is 170 g/mol. The Morgan fingerprint density at radius 3 is 2.92 bits per heavy atom. The van der Waals surface area contributed by atoms with Crippen LogP contribution in [0.3, 0.4) is 0 Å². The number of allylic oxidation sites excluding steroid dienone is 9. The standard InChI is InChI=1S/C13H14/c1-2-6-11-9-10-12-7-4-3-5-8-13(11)12/h2-5,7-12H,1,6H2. The molecule has 2 aliphatic carbocycles. The van der Waals surface area contributed by atoms with Gasteiger partial charge in [0.25, 0.3) is 0 Å². The molecular weight excluding hydrogens is 156 g/mol. The third kappa shape index (κ3) is 1.57. The molecule has 0 amide bonds. The van der Waals surface area contributed by atoms with Crippen molar-refractivity contribution in [3.05, 3.63) is 60.8 Å². The van der Waals surface area contributed by atoms with E-state index in [2.05, 4.69) is 49.1 Å². The second-order valence-corrected chi connectivity index (χ2v) is 3.48. The third-order valence-corrected chi connectivity index (χ3v) is 2.61. The fraction of sp³-hybridized carbons (Fsp3) is 0.231. The quantitative estimate of drug-likeness (QED) is 0.557. The largest absolute Gasteiger partial charge is 0.103 e. The molecule has 0 fully saturated rings. The highest BCUT2D eigenvalue weighted by Crippen LogP contribution is 2.34. The van der Waals surface area contributed by atoms with Crippen LogP contribution in [0.5, 0.6) is 0 Å². The first kappa shape index (κ1) is 8.31. The lowest BCUT2D eigenvalue weighted by atomic mass is 9.93. The van der Waals surface area contributed by atoms with Crippen molar-refractivity contribution in [2.75, 3.05) is 0 Å². The van der Waals surface area contributed by atoms with Gasteiger partial charge in [-0.15, -0.1) is 6.58 Å². The number of fused-ring (bicyclic) bond motifs is 1. The highest BCUT2D eigenvalue weighted by Gasteiger charge is 2.21. The van der Waals surface area contributed by atoms with Crippen molar-refractivity contribution in [2.24, 2.45) is 11.8 Å². The fourth-order valence-corrected chi connectivity index (χ4v) is 1.94. The minimum Gasteiger partial charge on any atom is -0.103 e. The smallest absolute Gasteiger partial charge is 0.0169 e. The number of hydrogen-bond acceptors (Lipinski definition) is 0. The Hall–Kier alpha value is -1.30. The van der Waals surface area contributed by atoms with E-state index in [1.807, 2.05) is 6.08 Å². The fourth-order valence-electron chi connectivity index (χ4n) is 1.94. The highest BCUT2D eigenvalue weighted by atomic mass is 14.3. The zero-order chi connectivity index (χ0) is 9.10. The summed E-state index contributed by atoms with van der Waals surface area (Å²) in [4.78, 5) is 0. The van der Waals surface area contributed by atoms with E-state index in [4.69, 9.17) is 0 Å². The molecule has 0 saturated heterocycles. The Labute approximate surface area is 79.7 Å². The molecule has 13 heavy (non-hydrogen) atoms. The van der Waals surface area contributed by atoms with Gasteiger partial charge in [0, 0.05) is 11.8 Å². The third-order valence-electron chi connectivity index (χ3n) is 2.61. The molecule has 0 aliphatic heterocycles. The SMILES string of the molecule is C=CCC1C=CC2C=CC=CC=C21. The summed E-state index contributed by atoms with van der Waals surface area (Å²) < 4.78 is 0. The van der Waals surface area contributed by atoms with Gasteiger partial charge in [-0.3, -0.25) is 0 Å². The molecule has 0 nitrogen and oxygen atoms in total. The second kappa shape index (κ2) is 3.61. The summed E-state index contributed by atoms with van der Waals surface area (Å²) in [5.41, 5.74) is 1.50. The van der Waals surface area contributed by atoms with Crippen LogP contribution in [-0.2, 0) is 0 Å². The maximum atomic E-state index is 3.79. The van der Waals surface area contributed by atoms with Crippen molar-refractivity contribution in [1.82, 2.24) is 0 Å². The van der Waals surface area contributed by atoms with Crippen molar-refractivity contribution in [3.8, 4) is 0 Å². The zero-order valence-electron chi connectivity index (χ0n) is 7.69. The van der Waals surface area contributed by atoms with Crippen molar-refractivity contribution in [2.45, 2.75) is 6.42 Å². The van der Waals surface area contributed by atoms with Gasteiger partial charge in [-0.2, -0.15) is 0 Å². The molecule has 2 unspecified atom stereocenters. The van der Waals surface area contributed by atoms with Gasteiger partial charge in [0.2, 0.25) is 0 Å². The van der Waals surface area contributed by atoms with Crippen LogP contribution in [0.4, 0.5) is 0 Å². The minimum absolute atomic E-state index is 0.528. The van der Waals surface area contributed by atoms with Gasteiger partial charge in [-0.25, -0.2) is 0 Å². The predicted octanol–water partition coefficient (Wildman–Crippen LogP) is 3.42. The van der Waals surface area contributed by atoms with Crippen LogP contribution in [-0.4, -0.2) is 0 Å². The van der Waals surface area contributed by atoms with Crippen LogP contribution in [0.15, 0.2) is 60.8 Å². The van der Waals surface area contributed by atoms with Crippen LogP contribution < -0.4 is 0 Å². The molecule has 2 rings (SSSR count). The van der Waals surface area contributed by atoms with Gasteiger partial charge in [0.15, 0.2) is 0 Å². The van der Waals surface area contributed by atoms with Gasteiger partial charge in [0.1, 0.15) is 0 Å². The summed E-state index contributed by atoms with van der Waals surface area (Å²) in [5, 5.41) is 0. The van der Waals surface area contributed by atoms with E-state index in [0.717, 1.165) is 6.42 Å². The zero-order valence-corrected chi connectivity index (χ0v) is 7.69. The lowest BCUT2D eigenvalue weighted by molar-refractivity contribution is 0.754. The van der Waals surface area contributed by atoms with E-state index in [1.165, 1.54) is 5.57 Å². The molecule has 0 radical (unpaired) electrons. The van der Waals surface area contributed by atoms with Crippen LogP contribution in [0.1, 0.15) is 6.42 Å².